The van der Waals surface area contributed by atoms with Gasteiger partial charge in [0, 0.05) is 0 Å². The van der Waals surface area contributed by atoms with E-state index in [4.69, 9.17) is 27.2 Å². The topological polar surface area (TPSA) is 122 Å². The van der Waals surface area contributed by atoms with Crippen molar-refractivity contribution in [2.75, 3.05) is 6.61 Å². The number of carbonyl (C=O) groups is 3. The molecule has 1 fully saturated rings. The number of carboxylic acids is 1. The van der Waals surface area contributed by atoms with Crippen LogP contribution in [0.5, 0.6) is 5.75 Å². The molecule has 2 amide bonds. The molecule has 0 unspecified atom stereocenters. The van der Waals surface area contributed by atoms with Gasteiger partial charge in [-0.1, -0.05) is 48.0 Å². The molecule has 182 valence electrons. The first-order valence-electron chi connectivity index (χ1n) is 10.7. The fourth-order valence-electron chi connectivity index (χ4n) is 3.30. The van der Waals surface area contributed by atoms with Gasteiger partial charge in [0.05, 0.1) is 27.7 Å². The van der Waals surface area contributed by atoms with Gasteiger partial charge >= 0.3 is 5.97 Å². The van der Waals surface area contributed by atoms with Gasteiger partial charge in [0.25, 0.3) is 11.8 Å². The molecule has 1 heterocycles. The first kappa shape index (κ1) is 25.0. The SMILES string of the molecule is NC(=O)COc1ccc(C=C2SC(=Nc3ccccc3)N(Cc3ccc(C(=O)O)cc3)C2=O)cc1Cl. The smallest absolute Gasteiger partial charge is 0.335 e. The molecule has 3 aromatic rings. The highest BCUT2D eigenvalue weighted by molar-refractivity contribution is 8.18. The van der Waals surface area contributed by atoms with Crippen LogP contribution in [0, 0.1) is 0 Å². The van der Waals surface area contributed by atoms with E-state index in [0.717, 1.165) is 5.56 Å². The third kappa shape index (κ3) is 6.12. The number of benzene rings is 3. The van der Waals surface area contributed by atoms with Crippen molar-refractivity contribution in [1.29, 1.82) is 0 Å². The largest absolute Gasteiger partial charge is 0.482 e. The number of halogens is 1. The second-order valence-corrected chi connectivity index (χ2v) is 9.10. The van der Waals surface area contributed by atoms with Crippen LogP contribution in [0.4, 0.5) is 5.69 Å². The van der Waals surface area contributed by atoms with E-state index < -0.39 is 11.9 Å². The number of hydrogen-bond donors (Lipinski definition) is 2. The van der Waals surface area contributed by atoms with Crippen LogP contribution in [0.2, 0.25) is 5.02 Å². The monoisotopic (exact) mass is 521 g/mol. The van der Waals surface area contributed by atoms with Crippen molar-refractivity contribution in [1.82, 2.24) is 4.90 Å². The first-order chi connectivity index (χ1) is 17.3. The van der Waals surface area contributed by atoms with E-state index in [0.29, 0.717) is 27.1 Å². The molecule has 0 saturated carbocycles. The summed E-state index contributed by atoms with van der Waals surface area (Å²) in [5.41, 5.74) is 7.38. The van der Waals surface area contributed by atoms with Gasteiger partial charge in [-0.2, -0.15) is 0 Å². The quantitative estimate of drug-likeness (QED) is 0.414. The van der Waals surface area contributed by atoms with Gasteiger partial charge < -0.3 is 15.6 Å². The number of amidine groups is 1. The maximum atomic E-state index is 13.4. The predicted molar refractivity (Wildman–Crippen MR) is 139 cm³/mol. The number of aromatic carboxylic acids is 1. The molecule has 0 radical (unpaired) electrons. The second-order valence-electron chi connectivity index (χ2n) is 7.68. The van der Waals surface area contributed by atoms with E-state index in [1.165, 1.54) is 23.9 Å². The van der Waals surface area contributed by atoms with Crippen LogP contribution in [-0.2, 0) is 16.1 Å². The molecule has 8 nitrogen and oxygen atoms in total. The zero-order chi connectivity index (χ0) is 25.7. The van der Waals surface area contributed by atoms with Crippen LogP contribution in [0.15, 0.2) is 82.7 Å². The average Bonchev–Trinajstić information content (AvgIpc) is 3.13. The predicted octanol–water partition coefficient (Wildman–Crippen LogP) is 4.71. The Hall–Kier alpha value is -4.08. The Morgan fingerprint density at radius 2 is 1.81 bits per heavy atom. The minimum absolute atomic E-state index is 0.166. The van der Waals surface area contributed by atoms with Gasteiger partial charge in [0.2, 0.25) is 0 Å². The molecule has 3 N–H and O–H groups in total. The van der Waals surface area contributed by atoms with Crippen molar-refractivity contribution in [2.45, 2.75) is 6.54 Å². The number of amides is 2. The molecule has 0 spiro atoms. The molecule has 1 saturated heterocycles. The number of nitrogens with two attached hydrogens (primary N) is 1. The fraction of sp³-hybridized carbons (Fsp3) is 0.0769. The van der Waals surface area contributed by atoms with Crippen molar-refractivity contribution in [3.05, 3.63) is 99.4 Å². The summed E-state index contributed by atoms with van der Waals surface area (Å²) in [5, 5.41) is 9.91. The van der Waals surface area contributed by atoms with Crippen LogP contribution >= 0.6 is 23.4 Å². The van der Waals surface area contributed by atoms with Crippen molar-refractivity contribution in [3.63, 3.8) is 0 Å². The van der Waals surface area contributed by atoms with Crippen molar-refractivity contribution >= 4 is 58.1 Å². The summed E-state index contributed by atoms with van der Waals surface area (Å²) in [6.07, 6.45) is 1.70. The number of primary amides is 1. The highest BCUT2D eigenvalue weighted by atomic mass is 35.5. The normalized spacial score (nSPS) is 15.5. The van der Waals surface area contributed by atoms with E-state index in [2.05, 4.69) is 4.99 Å². The lowest BCUT2D eigenvalue weighted by Gasteiger charge is -2.16. The van der Waals surface area contributed by atoms with Crippen LogP contribution in [-0.4, -0.2) is 39.6 Å². The number of aliphatic imine (C=N–C) groups is 1. The Balaban J connectivity index is 1.63. The van der Waals surface area contributed by atoms with E-state index in [1.54, 1.807) is 41.3 Å². The van der Waals surface area contributed by atoms with Gasteiger partial charge in [0.1, 0.15) is 5.75 Å². The van der Waals surface area contributed by atoms with Gasteiger partial charge in [-0.15, -0.1) is 0 Å². The number of carbonyl (C=O) groups excluding carboxylic acids is 2. The maximum Gasteiger partial charge on any atom is 0.335 e. The lowest BCUT2D eigenvalue weighted by molar-refractivity contribution is -0.122. The zero-order valence-electron chi connectivity index (χ0n) is 18.8. The highest BCUT2D eigenvalue weighted by Gasteiger charge is 2.33. The summed E-state index contributed by atoms with van der Waals surface area (Å²) in [6.45, 7) is -0.0778. The van der Waals surface area contributed by atoms with Crippen molar-refractivity contribution in [2.24, 2.45) is 10.7 Å². The molecule has 0 atom stereocenters. The van der Waals surface area contributed by atoms with E-state index in [-0.39, 0.29) is 29.6 Å². The third-order valence-electron chi connectivity index (χ3n) is 5.03. The Bertz CT molecular complexity index is 1370. The average molecular weight is 522 g/mol. The van der Waals surface area contributed by atoms with Gasteiger partial charge in [-0.25, -0.2) is 9.79 Å². The van der Waals surface area contributed by atoms with Crippen LogP contribution < -0.4 is 10.5 Å². The molecule has 0 bridgehead atoms. The minimum atomic E-state index is -1.02. The molecule has 1 aliphatic heterocycles. The summed E-state index contributed by atoms with van der Waals surface area (Å²) < 4.78 is 5.27. The van der Waals surface area contributed by atoms with Crippen molar-refractivity contribution in [3.8, 4) is 5.75 Å². The number of thioether (sulfide) groups is 1. The lowest BCUT2D eigenvalue weighted by Crippen LogP contribution is -2.28. The summed E-state index contributed by atoms with van der Waals surface area (Å²) >= 11 is 7.49. The molecule has 10 heteroatoms. The van der Waals surface area contributed by atoms with E-state index in [9.17, 15) is 14.4 Å². The molecular formula is C26H20ClN3O5S. The Morgan fingerprint density at radius 1 is 1.08 bits per heavy atom. The number of carboxylic acid groups (broad SMARTS) is 1. The van der Waals surface area contributed by atoms with Gasteiger partial charge in [-0.3, -0.25) is 14.5 Å². The summed E-state index contributed by atoms with van der Waals surface area (Å²) in [6, 6.07) is 20.6. The summed E-state index contributed by atoms with van der Waals surface area (Å²) in [7, 11) is 0. The molecule has 4 rings (SSSR count). The second kappa shape index (κ2) is 11.1. The number of para-hydroxylation sites is 1. The highest BCUT2D eigenvalue weighted by Crippen LogP contribution is 2.36. The van der Waals surface area contributed by atoms with Crippen molar-refractivity contribution < 1.29 is 24.2 Å². The van der Waals surface area contributed by atoms with E-state index >= 15 is 0 Å². The fourth-order valence-corrected chi connectivity index (χ4v) is 4.54. The Morgan fingerprint density at radius 3 is 2.44 bits per heavy atom. The summed E-state index contributed by atoms with van der Waals surface area (Å²) in [4.78, 5) is 42.1. The number of nitrogens with zero attached hydrogens (tertiary/aromatic N) is 2. The first-order valence-corrected chi connectivity index (χ1v) is 11.9. The Kier molecular flexibility index (Phi) is 7.72. The number of hydrogen-bond acceptors (Lipinski definition) is 6. The zero-order valence-corrected chi connectivity index (χ0v) is 20.3. The third-order valence-corrected chi connectivity index (χ3v) is 6.34. The Labute approximate surface area is 216 Å². The van der Waals surface area contributed by atoms with E-state index in [1.807, 2.05) is 30.3 Å². The minimum Gasteiger partial charge on any atom is -0.482 e. The molecular weight excluding hydrogens is 502 g/mol. The number of ether oxygens (including phenoxy) is 1. The molecule has 1 aliphatic rings. The molecule has 0 aromatic heterocycles. The van der Waals surface area contributed by atoms with Gasteiger partial charge in [-0.05, 0) is 65.4 Å². The van der Waals surface area contributed by atoms with Crippen LogP contribution in [0.3, 0.4) is 0 Å². The standard InChI is InChI=1S/C26H20ClN3O5S/c27-20-12-17(8-11-21(20)35-15-23(28)31)13-22-24(32)30(14-16-6-9-18(10-7-16)25(33)34)26(36-22)29-19-4-2-1-3-5-19/h1-13H,14-15H2,(H2,28,31)(H,33,34). The van der Waals surface area contributed by atoms with Crippen LogP contribution in [0.1, 0.15) is 21.5 Å². The molecule has 36 heavy (non-hydrogen) atoms. The molecule has 0 aliphatic carbocycles. The van der Waals surface area contributed by atoms with Crippen LogP contribution in [0.25, 0.3) is 6.08 Å². The van der Waals surface area contributed by atoms with Gasteiger partial charge in [0.15, 0.2) is 11.8 Å². The maximum absolute atomic E-state index is 13.4. The number of rotatable bonds is 8. The summed E-state index contributed by atoms with van der Waals surface area (Å²) in [5.74, 6) is -1.58. The lowest BCUT2D eigenvalue weighted by atomic mass is 10.1. The molecule has 3 aromatic carbocycles.